The summed E-state index contributed by atoms with van der Waals surface area (Å²) in [6.45, 7) is 2.36. The zero-order valence-corrected chi connectivity index (χ0v) is 21.1. The maximum absolute atomic E-state index is 12.8. The molecule has 0 aliphatic heterocycles. The third-order valence-corrected chi connectivity index (χ3v) is 6.34. The van der Waals surface area contributed by atoms with Crippen molar-refractivity contribution >= 4 is 46.0 Å². The number of hydrogen-bond donors (Lipinski definition) is 1. The summed E-state index contributed by atoms with van der Waals surface area (Å²) in [4.78, 5) is 17.3. The van der Waals surface area contributed by atoms with Gasteiger partial charge in [-0.2, -0.15) is 10.2 Å². The fourth-order valence-electron chi connectivity index (χ4n) is 4.06. The number of anilines is 1. The average molecular weight is 521 g/mol. The molecule has 0 aliphatic carbocycles. The predicted molar refractivity (Wildman–Crippen MR) is 141 cm³/mol. The van der Waals surface area contributed by atoms with E-state index in [1.165, 1.54) is 0 Å². The van der Waals surface area contributed by atoms with E-state index < -0.39 is 0 Å². The standard InChI is InChI=1S/C26H22Cl2N6O2/c1-16-25-21(17-4-7-20(36-2)8-5-17)9-11-29-26(25)34(31-16)15-24(35)30-23-10-12-33(32-23)14-18-3-6-19(27)13-22(18)28/h3-13H,14-15H2,1-2H3,(H,30,32,35). The Morgan fingerprint density at radius 1 is 1.06 bits per heavy atom. The molecule has 0 spiro atoms. The Morgan fingerprint density at radius 3 is 2.61 bits per heavy atom. The van der Waals surface area contributed by atoms with Gasteiger partial charge in [0.2, 0.25) is 5.91 Å². The van der Waals surface area contributed by atoms with E-state index in [0.29, 0.717) is 28.1 Å². The smallest absolute Gasteiger partial charge is 0.247 e. The van der Waals surface area contributed by atoms with E-state index >= 15 is 0 Å². The van der Waals surface area contributed by atoms with E-state index in [-0.39, 0.29) is 12.5 Å². The second-order valence-electron chi connectivity index (χ2n) is 8.21. The number of methoxy groups -OCH3 is 1. The number of hydrogen-bond acceptors (Lipinski definition) is 5. The summed E-state index contributed by atoms with van der Waals surface area (Å²) in [6.07, 6.45) is 3.50. The number of pyridine rings is 1. The number of amides is 1. The molecule has 1 amide bonds. The first kappa shape index (κ1) is 23.8. The van der Waals surface area contributed by atoms with Gasteiger partial charge in [-0.1, -0.05) is 41.4 Å². The van der Waals surface area contributed by atoms with Crippen LogP contribution in [-0.2, 0) is 17.9 Å². The highest BCUT2D eigenvalue weighted by Crippen LogP contribution is 2.31. The number of halogens is 2. The van der Waals surface area contributed by atoms with Crippen LogP contribution in [0.1, 0.15) is 11.3 Å². The first-order valence-electron chi connectivity index (χ1n) is 11.1. The van der Waals surface area contributed by atoms with Gasteiger partial charge in [-0.15, -0.1) is 0 Å². The molecule has 0 bridgehead atoms. The van der Waals surface area contributed by atoms with Crippen molar-refractivity contribution in [1.82, 2.24) is 24.5 Å². The molecule has 182 valence electrons. The lowest BCUT2D eigenvalue weighted by atomic mass is 10.0. The molecule has 0 fully saturated rings. The van der Waals surface area contributed by atoms with Crippen molar-refractivity contribution in [2.75, 3.05) is 12.4 Å². The van der Waals surface area contributed by atoms with Crippen molar-refractivity contribution in [2.45, 2.75) is 20.0 Å². The number of nitrogens with zero attached hydrogens (tertiary/aromatic N) is 5. The minimum absolute atomic E-state index is 0.000716. The molecular weight excluding hydrogens is 499 g/mol. The third-order valence-electron chi connectivity index (χ3n) is 5.76. The molecule has 8 nitrogen and oxygen atoms in total. The molecule has 5 rings (SSSR count). The summed E-state index contributed by atoms with van der Waals surface area (Å²) in [5.74, 6) is 0.961. The second kappa shape index (κ2) is 10.0. The fraction of sp³-hybridized carbons (Fsp3) is 0.154. The lowest BCUT2D eigenvalue weighted by Crippen LogP contribution is -2.20. The molecule has 0 aliphatic rings. The molecule has 2 aromatic carbocycles. The normalized spacial score (nSPS) is 11.1. The molecule has 0 atom stereocenters. The first-order chi connectivity index (χ1) is 17.4. The maximum atomic E-state index is 12.8. The summed E-state index contributed by atoms with van der Waals surface area (Å²) in [6, 6.07) is 16.8. The van der Waals surface area contributed by atoms with Crippen molar-refractivity contribution in [3.05, 3.63) is 88.3 Å². The molecule has 3 heterocycles. The molecule has 0 radical (unpaired) electrons. The van der Waals surface area contributed by atoms with Crippen LogP contribution in [0.2, 0.25) is 10.0 Å². The summed E-state index contributed by atoms with van der Waals surface area (Å²) in [5, 5.41) is 13.9. The van der Waals surface area contributed by atoms with Crippen LogP contribution in [0.25, 0.3) is 22.2 Å². The van der Waals surface area contributed by atoms with Gasteiger partial charge >= 0.3 is 0 Å². The molecule has 3 aromatic heterocycles. The number of benzene rings is 2. The van der Waals surface area contributed by atoms with Crippen molar-refractivity contribution in [2.24, 2.45) is 0 Å². The van der Waals surface area contributed by atoms with Gasteiger partial charge in [-0.05, 0) is 53.9 Å². The molecule has 0 saturated heterocycles. The first-order valence-corrected chi connectivity index (χ1v) is 11.9. The van der Waals surface area contributed by atoms with Gasteiger partial charge in [-0.3, -0.25) is 9.48 Å². The highest BCUT2D eigenvalue weighted by molar-refractivity contribution is 6.35. The van der Waals surface area contributed by atoms with Gasteiger partial charge in [0, 0.05) is 33.9 Å². The van der Waals surface area contributed by atoms with Crippen molar-refractivity contribution in [3.63, 3.8) is 0 Å². The molecule has 5 aromatic rings. The molecular formula is C26H22Cl2N6O2. The maximum Gasteiger partial charge on any atom is 0.247 e. The van der Waals surface area contributed by atoms with E-state index in [2.05, 4.69) is 20.5 Å². The molecule has 10 heteroatoms. The number of carbonyl (C=O) groups excluding carboxylic acids is 1. The van der Waals surface area contributed by atoms with E-state index in [4.69, 9.17) is 27.9 Å². The summed E-state index contributed by atoms with van der Waals surface area (Å²) in [7, 11) is 1.64. The van der Waals surface area contributed by atoms with Crippen LogP contribution in [0.15, 0.2) is 67.0 Å². The molecule has 0 unspecified atom stereocenters. The SMILES string of the molecule is COc1ccc(-c2ccnc3c2c(C)nn3CC(=O)Nc2ccn(Cc3ccc(Cl)cc3Cl)n2)cc1. The topological polar surface area (TPSA) is 86.9 Å². The number of carbonyl (C=O) groups is 1. The van der Waals surface area contributed by atoms with E-state index in [1.807, 2.05) is 43.3 Å². The largest absolute Gasteiger partial charge is 0.497 e. The summed E-state index contributed by atoms with van der Waals surface area (Å²) < 4.78 is 8.57. The lowest BCUT2D eigenvalue weighted by Gasteiger charge is -2.07. The van der Waals surface area contributed by atoms with Crippen LogP contribution in [0.3, 0.4) is 0 Å². The number of fused-ring (bicyclic) bond motifs is 1. The van der Waals surface area contributed by atoms with Gasteiger partial charge in [-0.25, -0.2) is 9.67 Å². The Bertz CT molecular complexity index is 1560. The van der Waals surface area contributed by atoms with Crippen molar-refractivity contribution in [1.29, 1.82) is 0 Å². The molecule has 36 heavy (non-hydrogen) atoms. The molecule has 1 N–H and O–H groups in total. The highest BCUT2D eigenvalue weighted by Gasteiger charge is 2.16. The zero-order chi connectivity index (χ0) is 25.2. The summed E-state index contributed by atoms with van der Waals surface area (Å²) >= 11 is 12.2. The number of nitrogens with one attached hydrogen (secondary N) is 1. The van der Waals surface area contributed by atoms with Crippen molar-refractivity contribution in [3.8, 4) is 16.9 Å². The number of ether oxygens (including phenoxy) is 1. The van der Waals surface area contributed by atoms with Crippen molar-refractivity contribution < 1.29 is 9.53 Å². The number of aryl methyl sites for hydroxylation is 1. The third kappa shape index (κ3) is 4.91. The van der Waals surface area contributed by atoms with E-state index in [9.17, 15) is 4.79 Å². The van der Waals surface area contributed by atoms with E-state index in [1.54, 1.807) is 47.1 Å². The van der Waals surface area contributed by atoms with E-state index in [0.717, 1.165) is 33.5 Å². The zero-order valence-electron chi connectivity index (χ0n) is 19.6. The van der Waals surface area contributed by atoms with Crippen LogP contribution >= 0.6 is 23.2 Å². The van der Waals surface area contributed by atoms with Crippen LogP contribution < -0.4 is 10.1 Å². The Hall–Kier alpha value is -3.88. The van der Waals surface area contributed by atoms with Crippen LogP contribution in [0, 0.1) is 6.92 Å². The lowest BCUT2D eigenvalue weighted by molar-refractivity contribution is -0.116. The minimum atomic E-state index is -0.258. The average Bonchev–Trinajstić information content (AvgIpc) is 3.44. The predicted octanol–water partition coefficient (Wildman–Crippen LogP) is 5.61. The highest BCUT2D eigenvalue weighted by atomic mass is 35.5. The fourth-order valence-corrected chi connectivity index (χ4v) is 4.53. The van der Waals surface area contributed by atoms with Gasteiger partial charge < -0.3 is 10.1 Å². The van der Waals surface area contributed by atoms with Crippen LogP contribution in [0.5, 0.6) is 5.75 Å². The van der Waals surface area contributed by atoms with Gasteiger partial charge in [0.15, 0.2) is 11.5 Å². The Balaban J connectivity index is 1.32. The minimum Gasteiger partial charge on any atom is -0.497 e. The Labute approximate surface area is 217 Å². The number of aromatic nitrogens is 5. The number of rotatable bonds is 7. The monoisotopic (exact) mass is 520 g/mol. The van der Waals surface area contributed by atoms with Crippen LogP contribution in [-0.4, -0.2) is 37.6 Å². The Kier molecular flexibility index (Phi) is 6.63. The quantitative estimate of drug-likeness (QED) is 0.301. The van der Waals surface area contributed by atoms with Gasteiger partial charge in [0.1, 0.15) is 12.3 Å². The molecule has 0 saturated carbocycles. The second-order valence-corrected chi connectivity index (χ2v) is 9.05. The van der Waals surface area contributed by atoms with Gasteiger partial charge in [0.05, 0.1) is 19.3 Å². The van der Waals surface area contributed by atoms with Crippen LogP contribution in [0.4, 0.5) is 5.82 Å². The van der Waals surface area contributed by atoms with Gasteiger partial charge in [0.25, 0.3) is 0 Å². The summed E-state index contributed by atoms with van der Waals surface area (Å²) in [5.41, 5.74) is 4.31. The Morgan fingerprint density at radius 2 is 1.86 bits per heavy atom.